The molecule has 98 valence electrons. The fraction of sp³-hybridized carbons (Fsp3) is 0.111. The predicted molar refractivity (Wildman–Crippen MR) is 79.3 cm³/mol. The molecule has 1 atom stereocenters. The fourth-order valence-corrected chi connectivity index (χ4v) is 2.84. The summed E-state index contributed by atoms with van der Waals surface area (Å²) in [6, 6.07) is 18.0. The Morgan fingerprint density at radius 2 is 1.80 bits per heavy atom. The van der Waals surface area contributed by atoms with Crippen LogP contribution in [-0.2, 0) is 0 Å². The molecule has 0 spiro atoms. The van der Waals surface area contributed by atoms with Gasteiger partial charge in [-0.15, -0.1) is 0 Å². The minimum atomic E-state index is -0.627. The topological polar surface area (TPSA) is 29.5 Å². The van der Waals surface area contributed by atoms with Crippen LogP contribution in [0.5, 0.6) is 11.5 Å². The molecule has 0 fully saturated rings. The van der Waals surface area contributed by atoms with Crippen molar-refractivity contribution in [3.05, 3.63) is 71.3 Å². The number of aliphatic hydroxyl groups excluding tert-OH is 1. The molecule has 3 aromatic carbocycles. The van der Waals surface area contributed by atoms with Gasteiger partial charge >= 0.3 is 0 Å². The summed E-state index contributed by atoms with van der Waals surface area (Å²) >= 11 is 0. The average molecular weight is 262 g/mol. The van der Waals surface area contributed by atoms with Gasteiger partial charge in [-0.05, 0) is 24.4 Å². The number of rotatable bonds is 0. The molecule has 20 heavy (non-hydrogen) atoms. The number of benzene rings is 3. The highest BCUT2D eigenvalue weighted by Crippen LogP contribution is 2.46. The normalized spacial score (nSPS) is 16.4. The van der Waals surface area contributed by atoms with Crippen molar-refractivity contribution in [3.63, 3.8) is 0 Å². The molecular weight excluding hydrogens is 248 g/mol. The Kier molecular flexibility index (Phi) is 2.35. The van der Waals surface area contributed by atoms with Crippen LogP contribution in [0.25, 0.3) is 10.8 Å². The highest BCUT2D eigenvalue weighted by molar-refractivity contribution is 5.90. The minimum absolute atomic E-state index is 0.627. The van der Waals surface area contributed by atoms with Crippen LogP contribution < -0.4 is 4.74 Å². The van der Waals surface area contributed by atoms with Gasteiger partial charge in [-0.25, -0.2) is 0 Å². The Balaban J connectivity index is 2.00. The van der Waals surface area contributed by atoms with Gasteiger partial charge in [-0.2, -0.15) is 0 Å². The first-order valence-corrected chi connectivity index (χ1v) is 6.72. The van der Waals surface area contributed by atoms with Crippen molar-refractivity contribution >= 4 is 10.8 Å². The van der Waals surface area contributed by atoms with Crippen LogP contribution in [0.4, 0.5) is 0 Å². The summed E-state index contributed by atoms with van der Waals surface area (Å²) in [5.74, 6) is 1.51. The third-order valence-corrected chi connectivity index (χ3v) is 3.88. The van der Waals surface area contributed by atoms with E-state index in [1.54, 1.807) is 0 Å². The quantitative estimate of drug-likeness (QED) is 0.653. The van der Waals surface area contributed by atoms with Crippen LogP contribution in [-0.4, -0.2) is 5.11 Å². The van der Waals surface area contributed by atoms with E-state index < -0.39 is 6.10 Å². The van der Waals surface area contributed by atoms with Crippen LogP contribution in [0.1, 0.15) is 22.8 Å². The maximum atomic E-state index is 10.6. The fourth-order valence-electron chi connectivity index (χ4n) is 2.84. The number of aryl methyl sites for hydroxylation is 1. The van der Waals surface area contributed by atoms with Crippen molar-refractivity contribution in [2.45, 2.75) is 13.0 Å². The molecule has 1 unspecified atom stereocenters. The van der Waals surface area contributed by atoms with E-state index in [-0.39, 0.29) is 0 Å². The van der Waals surface area contributed by atoms with Crippen molar-refractivity contribution in [3.8, 4) is 11.5 Å². The highest BCUT2D eigenvalue weighted by Gasteiger charge is 2.26. The number of fused-ring (bicyclic) bond motifs is 4. The second-order valence-electron chi connectivity index (χ2n) is 5.25. The van der Waals surface area contributed by atoms with Gasteiger partial charge in [0, 0.05) is 16.5 Å². The molecule has 1 heterocycles. The standard InChI is InChI=1S/C18H14O2/c1-11-6-9-16-15(10-11)17(19)14-8-7-12-4-2-3-5-13(12)18(14)20-16/h2-10,17,19H,1H3. The van der Waals surface area contributed by atoms with Crippen LogP contribution in [0.3, 0.4) is 0 Å². The molecule has 0 radical (unpaired) electrons. The summed E-state index contributed by atoms with van der Waals surface area (Å²) < 4.78 is 6.06. The number of hydrogen-bond donors (Lipinski definition) is 1. The third kappa shape index (κ3) is 1.55. The molecule has 1 N–H and O–H groups in total. The lowest BCUT2D eigenvalue weighted by atomic mass is 9.93. The van der Waals surface area contributed by atoms with Crippen molar-refractivity contribution in [2.75, 3.05) is 0 Å². The van der Waals surface area contributed by atoms with Crippen LogP contribution >= 0.6 is 0 Å². The van der Waals surface area contributed by atoms with E-state index in [4.69, 9.17) is 4.74 Å². The summed E-state index contributed by atoms with van der Waals surface area (Å²) in [6.45, 7) is 2.02. The Labute approximate surface area is 117 Å². The van der Waals surface area contributed by atoms with Gasteiger partial charge < -0.3 is 9.84 Å². The second kappa shape index (κ2) is 4.09. The molecule has 0 bridgehead atoms. The molecule has 1 aliphatic rings. The monoisotopic (exact) mass is 262 g/mol. The van der Waals surface area contributed by atoms with Crippen LogP contribution in [0, 0.1) is 6.92 Å². The predicted octanol–water partition coefficient (Wildman–Crippen LogP) is 4.34. The van der Waals surface area contributed by atoms with E-state index in [1.165, 1.54) is 0 Å². The van der Waals surface area contributed by atoms with Gasteiger partial charge in [0.15, 0.2) is 0 Å². The molecule has 0 saturated carbocycles. The van der Waals surface area contributed by atoms with Gasteiger partial charge in [0.1, 0.15) is 17.6 Å². The first kappa shape index (κ1) is 11.5. The summed E-state index contributed by atoms with van der Waals surface area (Å²) in [5, 5.41) is 12.8. The van der Waals surface area contributed by atoms with Crippen LogP contribution in [0.15, 0.2) is 54.6 Å². The van der Waals surface area contributed by atoms with E-state index in [0.29, 0.717) is 0 Å². The second-order valence-corrected chi connectivity index (χ2v) is 5.25. The van der Waals surface area contributed by atoms with Crippen molar-refractivity contribution < 1.29 is 9.84 Å². The number of aliphatic hydroxyl groups is 1. The third-order valence-electron chi connectivity index (χ3n) is 3.88. The molecule has 0 saturated heterocycles. The molecule has 0 aliphatic carbocycles. The summed E-state index contributed by atoms with van der Waals surface area (Å²) in [6.07, 6.45) is -0.627. The number of hydrogen-bond acceptors (Lipinski definition) is 2. The molecule has 2 heteroatoms. The lowest BCUT2D eigenvalue weighted by molar-refractivity contribution is 0.203. The molecule has 0 aromatic heterocycles. The lowest BCUT2D eigenvalue weighted by Gasteiger charge is -2.26. The molecule has 2 nitrogen and oxygen atoms in total. The zero-order chi connectivity index (χ0) is 13.7. The molecule has 0 amide bonds. The van der Waals surface area contributed by atoms with E-state index in [2.05, 4.69) is 6.07 Å². The Morgan fingerprint density at radius 3 is 2.70 bits per heavy atom. The van der Waals surface area contributed by atoms with Gasteiger partial charge in [0.2, 0.25) is 0 Å². The smallest absolute Gasteiger partial charge is 0.141 e. The van der Waals surface area contributed by atoms with Crippen molar-refractivity contribution in [1.82, 2.24) is 0 Å². The Bertz CT molecular complexity index is 821. The summed E-state index contributed by atoms with van der Waals surface area (Å²) in [7, 11) is 0. The first-order valence-electron chi connectivity index (χ1n) is 6.72. The van der Waals surface area contributed by atoms with Gasteiger partial charge in [0.25, 0.3) is 0 Å². The maximum absolute atomic E-state index is 10.6. The van der Waals surface area contributed by atoms with Crippen molar-refractivity contribution in [1.29, 1.82) is 0 Å². The molecule has 3 aromatic rings. The molecular formula is C18H14O2. The zero-order valence-electron chi connectivity index (χ0n) is 11.1. The van der Waals surface area contributed by atoms with E-state index >= 15 is 0 Å². The van der Waals surface area contributed by atoms with Gasteiger partial charge in [-0.3, -0.25) is 0 Å². The summed E-state index contributed by atoms with van der Waals surface area (Å²) in [5.41, 5.74) is 2.80. The number of ether oxygens (including phenoxy) is 1. The largest absolute Gasteiger partial charge is 0.456 e. The molecule has 1 aliphatic heterocycles. The van der Waals surface area contributed by atoms with E-state index in [1.807, 2.05) is 55.5 Å². The average Bonchev–Trinajstić information content (AvgIpc) is 2.48. The van der Waals surface area contributed by atoms with Gasteiger partial charge in [-0.1, -0.05) is 48.0 Å². The SMILES string of the molecule is Cc1ccc2c(c1)C(O)c1ccc3ccccc3c1O2. The van der Waals surface area contributed by atoms with Crippen LogP contribution in [0.2, 0.25) is 0 Å². The molecule has 4 rings (SSSR count). The first-order chi connectivity index (χ1) is 9.74. The zero-order valence-corrected chi connectivity index (χ0v) is 11.1. The van der Waals surface area contributed by atoms with E-state index in [0.717, 1.165) is 39.0 Å². The van der Waals surface area contributed by atoms with Gasteiger partial charge in [0.05, 0.1) is 0 Å². The summed E-state index contributed by atoms with van der Waals surface area (Å²) in [4.78, 5) is 0. The Morgan fingerprint density at radius 1 is 0.950 bits per heavy atom. The van der Waals surface area contributed by atoms with E-state index in [9.17, 15) is 5.11 Å². The maximum Gasteiger partial charge on any atom is 0.141 e. The highest BCUT2D eigenvalue weighted by atomic mass is 16.5. The minimum Gasteiger partial charge on any atom is -0.456 e. The lowest BCUT2D eigenvalue weighted by Crippen LogP contribution is -2.10. The van der Waals surface area contributed by atoms with Crippen molar-refractivity contribution in [2.24, 2.45) is 0 Å². The Hall–Kier alpha value is -2.32.